The number of phosphoric ester groups is 1. The Balaban J connectivity index is 4.37. The number of nitrogens with zero attached hydrogens (tertiary/aromatic N) is 1. The van der Waals surface area contributed by atoms with E-state index in [2.05, 4.69) is 74.6 Å². The molecular formula is C48H86NO8P. The summed E-state index contributed by atoms with van der Waals surface area (Å²) in [6, 6.07) is 0. The van der Waals surface area contributed by atoms with E-state index in [1.165, 1.54) is 83.5 Å². The van der Waals surface area contributed by atoms with Crippen LogP contribution in [0.2, 0.25) is 0 Å². The molecule has 0 spiro atoms. The Labute approximate surface area is 356 Å². The molecule has 2 atom stereocenters. The Hall–Kier alpha value is -2.29. The lowest BCUT2D eigenvalue weighted by molar-refractivity contribution is -0.870. The minimum Gasteiger partial charge on any atom is -0.756 e. The number of phosphoric acid groups is 1. The van der Waals surface area contributed by atoms with Gasteiger partial charge in [-0.1, -0.05) is 152 Å². The summed E-state index contributed by atoms with van der Waals surface area (Å²) >= 11 is 0. The van der Waals surface area contributed by atoms with Crippen LogP contribution < -0.4 is 4.89 Å². The third-order valence-corrected chi connectivity index (χ3v) is 10.5. The summed E-state index contributed by atoms with van der Waals surface area (Å²) in [6.07, 6.45) is 48.2. The van der Waals surface area contributed by atoms with E-state index in [1.54, 1.807) is 0 Å². The predicted octanol–water partition coefficient (Wildman–Crippen LogP) is 12.6. The lowest BCUT2D eigenvalue weighted by Crippen LogP contribution is -2.37. The largest absolute Gasteiger partial charge is 0.756 e. The standard InChI is InChI=1S/C48H86NO8P/c1-6-8-10-12-14-16-18-20-22-23-24-25-27-28-30-32-34-36-38-40-47(50)54-44-46(45-56-58(52,53)55-43-42-49(3,4)5)57-48(51)41-39-37-35-33-31-29-26-21-19-17-15-13-11-9-7-2/h9,11,15,17,20-22,26,31,33,46H,6-8,10,12-14,16,18-19,23-25,27-30,32,34-45H2,1-5H3/b11-9-,17-15-,22-20-,26-21-,33-31-/t46-/m1/s1. The summed E-state index contributed by atoms with van der Waals surface area (Å²) in [7, 11) is 1.13. The molecule has 0 saturated heterocycles. The molecule has 0 saturated carbocycles. The first-order valence-corrected chi connectivity index (χ1v) is 24.5. The molecule has 0 aromatic heterocycles. The number of hydrogen-bond donors (Lipinski definition) is 0. The van der Waals surface area contributed by atoms with Gasteiger partial charge >= 0.3 is 11.9 Å². The highest BCUT2D eigenvalue weighted by atomic mass is 31.2. The normalized spacial score (nSPS) is 14.1. The fourth-order valence-electron chi connectivity index (χ4n) is 5.93. The molecule has 0 aromatic carbocycles. The second-order valence-electron chi connectivity index (χ2n) is 16.4. The highest BCUT2D eigenvalue weighted by Gasteiger charge is 2.21. The number of carbonyl (C=O) groups excluding carboxylic acids is 2. The number of carbonyl (C=O) groups is 2. The molecule has 0 radical (unpaired) electrons. The molecule has 336 valence electrons. The molecule has 0 aliphatic carbocycles. The lowest BCUT2D eigenvalue weighted by atomic mass is 10.1. The van der Waals surface area contributed by atoms with Gasteiger partial charge in [-0.3, -0.25) is 14.2 Å². The van der Waals surface area contributed by atoms with Gasteiger partial charge in [-0.2, -0.15) is 0 Å². The molecule has 9 nitrogen and oxygen atoms in total. The van der Waals surface area contributed by atoms with E-state index in [-0.39, 0.29) is 26.1 Å². The Morgan fingerprint density at radius 1 is 0.552 bits per heavy atom. The quantitative estimate of drug-likeness (QED) is 0.0197. The van der Waals surface area contributed by atoms with Crippen molar-refractivity contribution in [2.45, 2.75) is 187 Å². The summed E-state index contributed by atoms with van der Waals surface area (Å²) in [5, 5.41) is 0. The minimum absolute atomic E-state index is 0.0414. The monoisotopic (exact) mass is 836 g/mol. The molecule has 58 heavy (non-hydrogen) atoms. The van der Waals surface area contributed by atoms with E-state index in [1.807, 2.05) is 21.1 Å². The zero-order valence-corrected chi connectivity index (χ0v) is 38.6. The Bertz CT molecular complexity index is 1170. The number of likely N-dealkylation sites (N-methyl/N-ethyl adjacent to an activating group) is 1. The molecule has 0 aliphatic rings. The van der Waals surface area contributed by atoms with E-state index in [4.69, 9.17) is 18.5 Å². The third-order valence-electron chi connectivity index (χ3n) is 9.52. The first kappa shape index (κ1) is 55.7. The van der Waals surface area contributed by atoms with E-state index >= 15 is 0 Å². The molecule has 0 amide bonds. The second-order valence-corrected chi connectivity index (χ2v) is 17.8. The summed E-state index contributed by atoms with van der Waals surface area (Å²) in [5.74, 6) is -0.887. The molecular weight excluding hydrogens is 750 g/mol. The Kier molecular flexibility index (Phi) is 38.5. The van der Waals surface area contributed by atoms with Gasteiger partial charge in [0.05, 0.1) is 27.7 Å². The summed E-state index contributed by atoms with van der Waals surface area (Å²) in [5.41, 5.74) is 0. The van der Waals surface area contributed by atoms with Crippen LogP contribution in [0.15, 0.2) is 60.8 Å². The average Bonchev–Trinajstić information content (AvgIpc) is 3.17. The van der Waals surface area contributed by atoms with E-state index in [0.717, 1.165) is 64.2 Å². The minimum atomic E-state index is -4.64. The number of hydrogen-bond acceptors (Lipinski definition) is 8. The first-order valence-electron chi connectivity index (χ1n) is 23.0. The van der Waals surface area contributed by atoms with Gasteiger partial charge in [0.25, 0.3) is 7.82 Å². The number of unbranched alkanes of at least 4 members (excludes halogenated alkanes) is 17. The second kappa shape index (κ2) is 40.1. The molecule has 0 bridgehead atoms. The topological polar surface area (TPSA) is 111 Å². The van der Waals surface area contributed by atoms with Gasteiger partial charge in [-0.15, -0.1) is 0 Å². The molecule has 10 heteroatoms. The maximum atomic E-state index is 12.7. The van der Waals surface area contributed by atoms with E-state index in [0.29, 0.717) is 17.4 Å². The lowest BCUT2D eigenvalue weighted by Gasteiger charge is -2.28. The smallest absolute Gasteiger partial charge is 0.306 e. The van der Waals surface area contributed by atoms with Crippen molar-refractivity contribution in [2.75, 3.05) is 47.5 Å². The van der Waals surface area contributed by atoms with E-state index in [9.17, 15) is 19.0 Å². The van der Waals surface area contributed by atoms with Gasteiger partial charge in [0.2, 0.25) is 0 Å². The van der Waals surface area contributed by atoms with Crippen molar-refractivity contribution in [3.63, 3.8) is 0 Å². The average molecular weight is 836 g/mol. The van der Waals surface area contributed by atoms with Crippen LogP contribution in [0.4, 0.5) is 0 Å². The maximum absolute atomic E-state index is 12.7. The number of allylic oxidation sites excluding steroid dienone is 10. The van der Waals surface area contributed by atoms with Crippen molar-refractivity contribution in [1.29, 1.82) is 0 Å². The van der Waals surface area contributed by atoms with Gasteiger partial charge < -0.3 is 27.9 Å². The van der Waals surface area contributed by atoms with Crippen LogP contribution in [0, 0.1) is 0 Å². The highest BCUT2D eigenvalue weighted by molar-refractivity contribution is 7.45. The van der Waals surface area contributed by atoms with Gasteiger partial charge in [0.1, 0.15) is 19.8 Å². The number of esters is 2. The fourth-order valence-corrected chi connectivity index (χ4v) is 6.66. The molecule has 0 rings (SSSR count). The van der Waals surface area contributed by atoms with Crippen LogP contribution in [-0.4, -0.2) is 70.0 Å². The fraction of sp³-hybridized carbons (Fsp3) is 0.750. The summed E-state index contributed by atoms with van der Waals surface area (Å²) in [4.78, 5) is 37.6. The predicted molar refractivity (Wildman–Crippen MR) is 240 cm³/mol. The molecule has 0 heterocycles. The van der Waals surface area contributed by atoms with Crippen LogP contribution >= 0.6 is 7.82 Å². The van der Waals surface area contributed by atoms with Gasteiger partial charge in [0, 0.05) is 12.8 Å². The molecule has 0 N–H and O–H groups in total. The number of quaternary nitrogens is 1. The van der Waals surface area contributed by atoms with Crippen LogP contribution in [0.25, 0.3) is 0 Å². The van der Waals surface area contributed by atoms with Crippen LogP contribution in [0.3, 0.4) is 0 Å². The number of ether oxygens (including phenoxy) is 2. The zero-order valence-electron chi connectivity index (χ0n) is 37.7. The van der Waals surface area contributed by atoms with Crippen LogP contribution in [-0.2, 0) is 32.7 Å². The van der Waals surface area contributed by atoms with E-state index < -0.39 is 32.5 Å². The molecule has 0 fully saturated rings. The summed E-state index contributed by atoms with van der Waals surface area (Å²) < 4.78 is 33.9. The molecule has 0 aromatic rings. The summed E-state index contributed by atoms with van der Waals surface area (Å²) in [6.45, 7) is 4.05. The Morgan fingerprint density at radius 2 is 0.983 bits per heavy atom. The number of rotatable bonds is 41. The van der Waals surface area contributed by atoms with Crippen molar-refractivity contribution in [2.24, 2.45) is 0 Å². The van der Waals surface area contributed by atoms with Crippen LogP contribution in [0.5, 0.6) is 0 Å². The van der Waals surface area contributed by atoms with Crippen LogP contribution in [0.1, 0.15) is 181 Å². The molecule has 1 unspecified atom stereocenters. The van der Waals surface area contributed by atoms with Crippen molar-refractivity contribution >= 4 is 19.8 Å². The third kappa shape index (κ3) is 43.3. The van der Waals surface area contributed by atoms with Crippen molar-refractivity contribution < 1.29 is 42.1 Å². The highest BCUT2D eigenvalue weighted by Crippen LogP contribution is 2.38. The van der Waals surface area contributed by atoms with Crippen molar-refractivity contribution in [1.82, 2.24) is 0 Å². The first-order chi connectivity index (χ1) is 28.0. The van der Waals surface area contributed by atoms with Crippen molar-refractivity contribution in [3.05, 3.63) is 60.8 Å². The SMILES string of the molecule is CC/C=C\C/C=C\C/C=C\C/C=C\CCCCC(=O)O[C@H](COC(=O)CCCCCCCCCCC/C=C\CCCCCCCC)COP(=O)([O-])OCC[N+](C)(C)C. The van der Waals surface area contributed by atoms with Gasteiger partial charge in [-0.05, 0) is 77.0 Å². The Morgan fingerprint density at radius 3 is 1.52 bits per heavy atom. The van der Waals surface area contributed by atoms with Gasteiger partial charge in [0.15, 0.2) is 6.10 Å². The molecule has 0 aliphatic heterocycles. The zero-order chi connectivity index (χ0) is 42.8. The van der Waals surface area contributed by atoms with Crippen molar-refractivity contribution in [3.8, 4) is 0 Å². The van der Waals surface area contributed by atoms with Gasteiger partial charge in [-0.25, -0.2) is 0 Å². The maximum Gasteiger partial charge on any atom is 0.306 e.